The largest absolute Gasteiger partial charge is 1.00 e. The van der Waals surface area contributed by atoms with Crippen LogP contribution in [0.5, 0.6) is 0 Å². The summed E-state index contributed by atoms with van der Waals surface area (Å²) in [6.45, 7) is 17.5. The van der Waals surface area contributed by atoms with Gasteiger partial charge in [0.2, 0.25) is 20.4 Å². The molecular weight excluding hydrogens is 930 g/mol. The minimum Gasteiger partial charge on any atom is -1.00 e. The van der Waals surface area contributed by atoms with Gasteiger partial charge in [0.15, 0.2) is 0 Å². The SMILES string of the molecule is CC(=O)OCOC(=O)ON1C(=O)CCC1=O.CC(=O)OCOC(=O)SCCCC(=O)OC(C)(C)C.CC(C)(C)OC(=O)CCCS.CCCSC(=O)OCOC(=O)C(C)C.Cl.[Cl-]. The number of hydrogen-bond acceptors (Lipinski definition) is 22. The molecule has 1 rings (SSSR count). The third kappa shape index (κ3) is 47.4. The van der Waals surface area contributed by atoms with Gasteiger partial charge in [0.1, 0.15) is 11.2 Å². The monoisotopic (exact) mass is 990 g/mol. The van der Waals surface area contributed by atoms with Crippen molar-refractivity contribution < 1.29 is 103 Å². The number of carbonyl (C=O) groups is 10. The van der Waals surface area contributed by atoms with Crippen LogP contribution in [0.25, 0.3) is 0 Å². The van der Waals surface area contributed by atoms with Gasteiger partial charge in [-0.05, 0) is 90.1 Å². The summed E-state index contributed by atoms with van der Waals surface area (Å²) >= 11 is 6.01. The van der Waals surface area contributed by atoms with Gasteiger partial charge in [0.25, 0.3) is 11.8 Å². The molecule has 1 saturated heterocycles. The van der Waals surface area contributed by atoms with Crippen LogP contribution in [0.2, 0.25) is 0 Å². The quantitative estimate of drug-likeness (QED) is 0.0537. The van der Waals surface area contributed by atoms with E-state index in [0.29, 0.717) is 23.7 Å². The minimum atomic E-state index is -1.29. The number of ether oxygens (including phenoxy) is 8. The highest BCUT2D eigenvalue weighted by molar-refractivity contribution is 8.13. The molecule has 1 heterocycles. The molecule has 0 aliphatic carbocycles. The second kappa shape index (κ2) is 39.0. The molecular formula is C37H62Cl2NO19S3-. The number of halogens is 2. The number of carbonyl (C=O) groups excluding carboxylic acids is 10. The molecule has 2 amide bonds. The molecule has 1 fully saturated rings. The lowest BCUT2D eigenvalue weighted by molar-refractivity contribution is -0.182. The number of imide groups is 1. The van der Waals surface area contributed by atoms with E-state index < -0.39 is 52.9 Å². The fourth-order valence-corrected chi connectivity index (χ4v) is 4.28. The summed E-state index contributed by atoms with van der Waals surface area (Å²) in [7, 11) is 0. The molecule has 0 aromatic carbocycles. The van der Waals surface area contributed by atoms with E-state index in [0.717, 1.165) is 54.8 Å². The summed E-state index contributed by atoms with van der Waals surface area (Å²) in [6.07, 6.45) is 1.64. The van der Waals surface area contributed by atoms with E-state index in [4.69, 9.17) is 9.47 Å². The van der Waals surface area contributed by atoms with E-state index in [1.54, 1.807) is 34.6 Å². The highest BCUT2D eigenvalue weighted by atomic mass is 35.5. The molecule has 20 nitrogen and oxygen atoms in total. The molecule has 62 heavy (non-hydrogen) atoms. The van der Waals surface area contributed by atoms with Gasteiger partial charge in [-0.1, -0.05) is 25.8 Å². The average molecular weight is 992 g/mol. The van der Waals surface area contributed by atoms with Crippen molar-refractivity contribution in [3.8, 4) is 0 Å². The Labute approximate surface area is 389 Å². The van der Waals surface area contributed by atoms with Crippen molar-refractivity contribution >= 4 is 107 Å². The lowest BCUT2D eigenvalue weighted by Gasteiger charge is -2.19. The molecule has 1 aliphatic heterocycles. The molecule has 0 bridgehead atoms. The first kappa shape index (κ1) is 67.4. The third-order valence-corrected chi connectivity index (χ3v) is 7.58. The van der Waals surface area contributed by atoms with Gasteiger partial charge < -0.3 is 50.3 Å². The van der Waals surface area contributed by atoms with Crippen LogP contribution < -0.4 is 12.4 Å². The Hall–Kier alpha value is -3.67. The van der Waals surface area contributed by atoms with Crippen LogP contribution in [-0.4, -0.2) is 112 Å². The molecule has 0 spiro atoms. The molecule has 25 heteroatoms. The summed E-state index contributed by atoms with van der Waals surface area (Å²) in [5.74, 6) is -1.47. The number of esters is 5. The highest BCUT2D eigenvalue weighted by Gasteiger charge is 2.33. The first-order valence-electron chi connectivity index (χ1n) is 18.5. The first-order chi connectivity index (χ1) is 27.7. The number of thiol groups is 1. The van der Waals surface area contributed by atoms with Crippen LogP contribution in [0.15, 0.2) is 0 Å². The van der Waals surface area contributed by atoms with E-state index in [1.807, 2.05) is 27.7 Å². The minimum absolute atomic E-state index is 0. The highest BCUT2D eigenvalue weighted by Crippen LogP contribution is 2.14. The fraction of sp³-hybridized carbons (Fsp3) is 0.730. The summed E-state index contributed by atoms with van der Waals surface area (Å²) in [5.41, 5.74) is -0.846. The van der Waals surface area contributed by atoms with Crippen molar-refractivity contribution in [2.75, 3.05) is 37.6 Å². The van der Waals surface area contributed by atoms with E-state index >= 15 is 0 Å². The summed E-state index contributed by atoms with van der Waals surface area (Å²) in [5, 5.41) is -0.607. The van der Waals surface area contributed by atoms with Gasteiger partial charge in [-0.25, -0.2) is 14.4 Å². The van der Waals surface area contributed by atoms with Crippen molar-refractivity contribution in [3.63, 3.8) is 0 Å². The Morgan fingerprint density at radius 3 is 1.45 bits per heavy atom. The molecule has 1 aliphatic rings. The van der Waals surface area contributed by atoms with Crippen LogP contribution in [0.4, 0.5) is 14.4 Å². The van der Waals surface area contributed by atoms with Crippen LogP contribution in [0.1, 0.15) is 121 Å². The number of hydroxylamine groups is 2. The van der Waals surface area contributed by atoms with E-state index in [1.165, 1.54) is 6.92 Å². The van der Waals surface area contributed by atoms with Crippen molar-refractivity contribution in [2.45, 2.75) is 132 Å². The number of nitrogens with zero attached hydrogens (tertiary/aromatic N) is 1. The van der Waals surface area contributed by atoms with Crippen molar-refractivity contribution in [1.29, 1.82) is 0 Å². The van der Waals surface area contributed by atoms with Crippen LogP contribution in [-0.2, 0) is 76.3 Å². The van der Waals surface area contributed by atoms with Crippen LogP contribution in [0, 0.1) is 5.92 Å². The smallest absolute Gasteiger partial charge is 0.536 e. The Bertz CT molecular complexity index is 1370. The van der Waals surface area contributed by atoms with Crippen molar-refractivity contribution in [2.24, 2.45) is 5.92 Å². The van der Waals surface area contributed by atoms with Gasteiger partial charge in [-0.3, -0.25) is 38.4 Å². The zero-order valence-corrected chi connectivity index (χ0v) is 41.1. The summed E-state index contributed by atoms with van der Waals surface area (Å²) in [6, 6.07) is 0. The number of rotatable bonds is 17. The topological polar surface area (TPSA) is 257 Å². The predicted molar refractivity (Wildman–Crippen MR) is 227 cm³/mol. The van der Waals surface area contributed by atoms with E-state index in [2.05, 4.69) is 45.9 Å². The molecule has 0 aromatic heterocycles. The van der Waals surface area contributed by atoms with Gasteiger partial charge in [-0.15, -0.1) is 12.4 Å². The maximum atomic E-state index is 11.3. The molecule has 0 N–H and O–H groups in total. The van der Waals surface area contributed by atoms with Crippen LogP contribution >= 0.6 is 48.6 Å². The van der Waals surface area contributed by atoms with E-state index in [-0.39, 0.29) is 87.1 Å². The van der Waals surface area contributed by atoms with Crippen LogP contribution in [0.3, 0.4) is 0 Å². The third-order valence-electron chi connectivity index (χ3n) is 5.45. The zero-order chi connectivity index (χ0) is 46.9. The lowest BCUT2D eigenvalue weighted by atomic mass is 10.2. The zero-order valence-electron chi connectivity index (χ0n) is 37.0. The second-order valence-electron chi connectivity index (χ2n) is 13.9. The van der Waals surface area contributed by atoms with Gasteiger partial charge >= 0.3 is 46.6 Å². The maximum absolute atomic E-state index is 11.3. The fourth-order valence-electron chi connectivity index (χ4n) is 3.03. The standard InChI is InChI=1S/C12H20O6S.C9H16O4S.C8H9NO7.C8H16O2S.2ClH/c1-9(13)16-8-17-11(15)19-7-5-6-10(14)18-12(2,3)4;1-4-5-14-9(11)13-6-12-8(10)7(2)3;1-5(10)14-4-15-8(13)16-9-6(11)2-3-7(9)12;1-8(2,3)10-7(9)5-4-6-11;;/h5-8H2,1-4H3;7H,4-6H2,1-3H3;2-4H2,1H3;11H,4-6H2,1-3H3;2*1H/p-1. The Morgan fingerprint density at radius 1 is 0.661 bits per heavy atom. The number of hydrogen-bond donors (Lipinski definition) is 1. The van der Waals surface area contributed by atoms with Gasteiger partial charge in [0.05, 0.1) is 5.92 Å². The molecule has 0 atom stereocenters. The Morgan fingerprint density at radius 2 is 1.06 bits per heavy atom. The summed E-state index contributed by atoms with van der Waals surface area (Å²) < 4.78 is 37.1. The molecule has 0 saturated carbocycles. The van der Waals surface area contributed by atoms with Crippen molar-refractivity contribution in [1.82, 2.24) is 5.06 Å². The second-order valence-corrected chi connectivity index (χ2v) is 16.4. The molecule has 0 aromatic rings. The number of thioether (sulfide) groups is 2. The predicted octanol–water partition coefficient (Wildman–Crippen LogP) is 4.11. The summed E-state index contributed by atoms with van der Waals surface area (Å²) in [4.78, 5) is 113. The molecule has 362 valence electrons. The normalized spacial score (nSPS) is 11.4. The van der Waals surface area contributed by atoms with Gasteiger partial charge in [-0.2, -0.15) is 12.6 Å². The van der Waals surface area contributed by atoms with Crippen molar-refractivity contribution in [3.05, 3.63) is 0 Å². The van der Waals surface area contributed by atoms with Gasteiger partial charge in [0, 0.05) is 51.0 Å². The average Bonchev–Trinajstić information content (AvgIpc) is 3.42. The molecule has 0 unspecified atom stereocenters. The lowest BCUT2D eigenvalue weighted by Crippen LogP contribution is -3.00. The van der Waals surface area contributed by atoms with E-state index in [9.17, 15) is 47.9 Å². The Balaban J connectivity index is -0.000000234. The maximum Gasteiger partial charge on any atom is 0.536 e. The first-order valence-corrected chi connectivity index (χ1v) is 21.1. The number of amides is 2. The molecule has 0 radical (unpaired) electrons. The Kier molecular flexibility index (Phi) is 42.4.